The van der Waals surface area contributed by atoms with Crippen molar-refractivity contribution >= 4 is 17.4 Å². The number of nitrogens with zero attached hydrogens (tertiary/aromatic N) is 1. The van der Waals surface area contributed by atoms with Gasteiger partial charge in [0.15, 0.2) is 11.5 Å². The summed E-state index contributed by atoms with van der Waals surface area (Å²) in [6.45, 7) is 1.40. The van der Waals surface area contributed by atoms with Crippen molar-refractivity contribution in [2.24, 2.45) is 0 Å². The predicted octanol–water partition coefficient (Wildman–Crippen LogP) is 2.98. The van der Waals surface area contributed by atoms with E-state index in [1.807, 2.05) is 30.3 Å². The van der Waals surface area contributed by atoms with Gasteiger partial charge in [-0.15, -0.1) is 0 Å². The highest BCUT2D eigenvalue weighted by molar-refractivity contribution is 7.99. The second kappa shape index (κ2) is 5.40. The van der Waals surface area contributed by atoms with E-state index in [4.69, 9.17) is 15.2 Å². The summed E-state index contributed by atoms with van der Waals surface area (Å²) >= 11 is 1.57. The van der Waals surface area contributed by atoms with Gasteiger partial charge in [0.25, 0.3) is 0 Å². The van der Waals surface area contributed by atoms with Gasteiger partial charge in [-0.25, -0.2) is 4.98 Å². The molecule has 2 heterocycles. The highest BCUT2D eigenvalue weighted by Crippen LogP contribution is 2.36. The van der Waals surface area contributed by atoms with Crippen LogP contribution in [0.1, 0.15) is 6.42 Å². The largest absolute Gasteiger partial charge is 0.490 e. The van der Waals surface area contributed by atoms with E-state index < -0.39 is 0 Å². The van der Waals surface area contributed by atoms with E-state index >= 15 is 0 Å². The van der Waals surface area contributed by atoms with E-state index in [9.17, 15) is 0 Å². The summed E-state index contributed by atoms with van der Waals surface area (Å²) in [7, 11) is 0. The molecule has 0 bridgehead atoms. The summed E-state index contributed by atoms with van der Waals surface area (Å²) in [5, 5.41) is 0.906. The molecule has 1 aromatic carbocycles. The number of anilines is 1. The molecule has 0 unspecified atom stereocenters. The van der Waals surface area contributed by atoms with E-state index in [1.165, 1.54) is 0 Å². The zero-order chi connectivity index (χ0) is 13.1. The van der Waals surface area contributed by atoms with Crippen LogP contribution in [0.3, 0.4) is 0 Å². The Morgan fingerprint density at radius 3 is 2.68 bits per heavy atom. The third kappa shape index (κ3) is 2.93. The first-order valence-electron chi connectivity index (χ1n) is 6.10. The third-order valence-electron chi connectivity index (χ3n) is 2.70. The second-order valence-corrected chi connectivity index (χ2v) is 5.28. The van der Waals surface area contributed by atoms with Gasteiger partial charge in [-0.3, -0.25) is 0 Å². The van der Waals surface area contributed by atoms with Gasteiger partial charge in [0, 0.05) is 11.3 Å². The van der Waals surface area contributed by atoms with Crippen molar-refractivity contribution in [3.8, 4) is 11.5 Å². The highest BCUT2D eigenvalue weighted by Gasteiger charge is 2.11. The normalized spacial score (nSPS) is 13.9. The zero-order valence-electron chi connectivity index (χ0n) is 10.3. The molecule has 19 heavy (non-hydrogen) atoms. The predicted molar refractivity (Wildman–Crippen MR) is 74.8 cm³/mol. The van der Waals surface area contributed by atoms with Gasteiger partial charge >= 0.3 is 0 Å². The van der Waals surface area contributed by atoms with Crippen molar-refractivity contribution in [2.75, 3.05) is 18.9 Å². The number of rotatable bonds is 2. The Bertz CT molecular complexity index is 572. The number of aromatic nitrogens is 1. The SMILES string of the molecule is Nc1ccc(Sc2ccc3c(c2)OCCCO3)nc1. The van der Waals surface area contributed by atoms with Crippen molar-refractivity contribution < 1.29 is 9.47 Å². The molecule has 1 aliphatic heterocycles. The van der Waals surface area contributed by atoms with Gasteiger partial charge in [0.2, 0.25) is 0 Å². The summed E-state index contributed by atoms with van der Waals surface area (Å²) in [5.74, 6) is 1.62. The molecule has 3 rings (SSSR count). The van der Waals surface area contributed by atoms with E-state index in [0.717, 1.165) is 27.8 Å². The lowest BCUT2D eigenvalue weighted by molar-refractivity contribution is 0.297. The molecule has 0 fully saturated rings. The molecule has 5 heteroatoms. The molecule has 98 valence electrons. The van der Waals surface area contributed by atoms with Crippen LogP contribution in [0.4, 0.5) is 5.69 Å². The smallest absolute Gasteiger partial charge is 0.162 e. The zero-order valence-corrected chi connectivity index (χ0v) is 11.2. The average molecular weight is 274 g/mol. The summed E-state index contributed by atoms with van der Waals surface area (Å²) in [4.78, 5) is 5.34. The van der Waals surface area contributed by atoms with Crippen LogP contribution >= 0.6 is 11.8 Å². The maximum atomic E-state index is 5.67. The van der Waals surface area contributed by atoms with Crippen molar-refractivity contribution in [3.05, 3.63) is 36.5 Å². The van der Waals surface area contributed by atoms with Crippen LogP contribution in [-0.2, 0) is 0 Å². The maximum Gasteiger partial charge on any atom is 0.162 e. The number of pyridine rings is 1. The average Bonchev–Trinajstić information content (AvgIpc) is 2.66. The summed E-state index contributed by atoms with van der Waals surface area (Å²) in [5.41, 5.74) is 6.29. The van der Waals surface area contributed by atoms with Gasteiger partial charge in [-0.2, -0.15) is 0 Å². The van der Waals surface area contributed by atoms with Crippen LogP contribution in [0, 0.1) is 0 Å². The fourth-order valence-corrected chi connectivity index (χ4v) is 2.56. The van der Waals surface area contributed by atoms with Crippen molar-refractivity contribution in [3.63, 3.8) is 0 Å². The summed E-state index contributed by atoms with van der Waals surface area (Å²) in [6.07, 6.45) is 2.57. The fraction of sp³-hybridized carbons (Fsp3) is 0.214. The number of benzene rings is 1. The second-order valence-electron chi connectivity index (χ2n) is 4.19. The lowest BCUT2D eigenvalue weighted by Gasteiger charge is -2.08. The monoisotopic (exact) mass is 274 g/mol. The molecule has 2 N–H and O–H groups in total. The molecule has 0 amide bonds. The molecule has 1 aromatic heterocycles. The van der Waals surface area contributed by atoms with Crippen molar-refractivity contribution in [1.82, 2.24) is 4.98 Å². The number of fused-ring (bicyclic) bond motifs is 1. The number of hydrogen-bond donors (Lipinski definition) is 1. The van der Waals surface area contributed by atoms with Gasteiger partial charge in [0.05, 0.1) is 25.1 Å². The fourth-order valence-electron chi connectivity index (χ4n) is 1.78. The minimum atomic E-state index is 0.669. The van der Waals surface area contributed by atoms with Crippen LogP contribution in [0.2, 0.25) is 0 Å². The number of nitrogen functional groups attached to an aromatic ring is 1. The minimum Gasteiger partial charge on any atom is -0.490 e. The summed E-state index contributed by atoms with van der Waals surface area (Å²) in [6, 6.07) is 9.70. The van der Waals surface area contributed by atoms with Crippen LogP contribution in [0.25, 0.3) is 0 Å². The molecule has 4 nitrogen and oxygen atoms in total. The number of nitrogens with two attached hydrogens (primary N) is 1. The quantitative estimate of drug-likeness (QED) is 0.912. The lowest BCUT2D eigenvalue weighted by Crippen LogP contribution is -1.97. The standard InChI is InChI=1S/C14H14N2O2S/c15-10-2-5-14(16-9-10)19-11-3-4-12-13(8-11)18-7-1-6-17-12/h2-5,8-9H,1,6-7,15H2. The molecule has 1 aliphatic rings. The van der Waals surface area contributed by atoms with Crippen LogP contribution in [-0.4, -0.2) is 18.2 Å². The Hall–Kier alpha value is -1.88. The van der Waals surface area contributed by atoms with Gasteiger partial charge in [-0.1, -0.05) is 11.8 Å². The van der Waals surface area contributed by atoms with Gasteiger partial charge in [-0.05, 0) is 30.3 Å². The van der Waals surface area contributed by atoms with Crippen LogP contribution in [0.5, 0.6) is 11.5 Å². The lowest BCUT2D eigenvalue weighted by atomic mass is 10.3. The van der Waals surface area contributed by atoms with E-state index in [-0.39, 0.29) is 0 Å². The molecule has 2 aromatic rings. The Morgan fingerprint density at radius 2 is 1.89 bits per heavy atom. The van der Waals surface area contributed by atoms with Gasteiger partial charge < -0.3 is 15.2 Å². The molecule has 0 atom stereocenters. The molecule has 0 aliphatic carbocycles. The molecule has 0 saturated heterocycles. The van der Waals surface area contributed by atoms with Crippen LogP contribution in [0.15, 0.2) is 46.5 Å². The van der Waals surface area contributed by atoms with E-state index in [2.05, 4.69) is 4.98 Å². The highest BCUT2D eigenvalue weighted by atomic mass is 32.2. The minimum absolute atomic E-state index is 0.669. The van der Waals surface area contributed by atoms with Gasteiger partial charge in [0.1, 0.15) is 5.03 Å². The molecular formula is C14H14N2O2S. The summed E-state index contributed by atoms with van der Waals surface area (Å²) < 4.78 is 11.3. The first-order valence-corrected chi connectivity index (χ1v) is 6.92. The third-order valence-corrected chi connectivity index (χ3v) is 3.64. The maximum absolute atomic E-state index is 5.67. The number of ether oxygens (including phenoxy) is 2. The van der Waals surface area contributed by atoms with E-state index in [1.54, 1.807) is 18.0 Å². The molecule has 0 saturated carbocycles. The number of hydrogen-bond acceptors (Lipinski definition) is 5. The molecule has 0 radical (unpaired) electrons. The van der Waals surface area contributed by atoms with E-state index in [0.29, 0.717) is 18.9 Å². The van der Waals surface area contributed by atoms with Crippen molar-refractivity contribution in [2.45, 2.75) is 16.3 Å². The Kier molecular flexibility index (Phi) is 3.46. The Morgan fingerprint density at radius 1 is 1.05 bits per heavy atom. The Labute approximate surface area is 115 Å². The topological polar surface area (TPSA) is 57.4 Å². The van der Waals surface area contributed by atoms with Crippen molar-refractivity contribution in [1.29, 1.82) is 0 Å². The Balaban J connectivity index is 1.81. The van der Waals surface area contributed by atoms with Crippen LogP contribution < -0.4 is 15.2 Å². The molecular weight excluding hydrogens is 260 g/mol. The first kappa shape index (κ1) is 12.2. The molecule has 0 spiro atoms. The first-order chi connectivity index (χ1) is 9.31.